The fourth-order valence-corrected chi connectivity index (χ4v) is 10.9. The Morgan fingerprint density at radius 2 is 0.912 bits per heavy atom. The summed E-state index contributed by atoms with van der Waals surface area (Å²) in [6.07, 6.45) is 0. The van der Waals surface area contributed by atoms with Gasteiger partial charge in [0.2, 0.25) is 0 Å². The van der Waals surface area contributed by atoms with Gasteiger partial charge in [-0.1, -0.05) is 121 Å². The molecule has 0 bridgehead atoms. The first kappa shape index (κ1) is 32.3. The lowest BCUT2D eigenvalue weighted by atomic mass is 10.00. The van der Waals surface area contributed by atoms with E-state index in [1.54, 1.807) is 0 Å². The van der Waals surface area contributed by atoms with E-state index in [2.05, 4.69) is 168 Å². The Morgan fingerprint density at radius 1 is 0.333 bits per heavy atom. The molecule has 0 saturated carbocycles. The molecule has 4 aromatic heterocycles. The third-order valence-corrected chi connectivity index (χ3v) is 13.5. The minimum atomic E-state index is 0.660. The highest BCUT2D eigenvalue weighted by molar-refractivity contribution is 7.27. The van der Waals surface area contributed by atoms with Crippen LogP contribution in [0.5, 0.6) is 0 Å². The average Bonchev–Trinajstić information content (AvgIpc) is 3.96. The molecule has 4 nitrogen and oxygen atoms in total. The molecule has 0 atom stereocenters. The minimum Gasteiger partial charge on any atom is -0.309 e. The first-order chi connectivity index (χ1) is 28.2. The molecule has 0 spiro atoms. The van der Waals surface area contributed by atoms with Gasteiger partial charge >= 0.3 is 0 Å². The van der Waals surface area contributed by atoms with Gasteiger partial charge in [0, 0.05) is 73.5 Å². The maximum atomic E-state index is 5.25. The van der Waals surface area contributed by atoms with Gasteiger partial charge in [-0.15, -0.1) is 22.7 Å². The van der Waals surface area contributed by atoms with Gasteiger partial charge in [0.05, 0.1) is 11.0 Å². The van der Waals surface area contributed by atoms with E-state index >= 15 is 0 Å². The Hall–Kier alpha value is -6.99. The first-order valence-corrected chi connectivity index (χ1v) is 20.7. The van der Waals surface area contributed by atoms with Gasteiger partial charge in [-0.3, -0.25) is 0 Å². The van der Waals surface area contributed by atoms with Crippen molar-refractivity contribution in [1.29, 1.82) is 0 Å². The number of nitrogens with zero attached hydrogens (tertiary/aromatic N) is 4. The zero-order valence-electron chi connectivity index (χ0n) is 30.4. The number of rotatable bonds is 5. The summed E-state index contributed by atoms with van der Waals surface area (Å²) >= 11 is 3.64. The molecule has 0 aliphatic carbocycles. The summed E-state index contributed by atoms with van der Waals surface area (Å²) in [4.78, 5) is 15.5. The highest BCUT2D eigenvalue weighted by Crippen LogP contribution is 2.45. The molecule has 12 rings (SSSR count). The third-order valence-electron chi connectivity index (χ3n) is 11.1. The van der Waals surface area contributed by atoms with Crippen molar-refractivity contribution in [3.8, 4) is 51.0 Å². The van der Waals surface area contributed by atoms with Crippen LogP contribution in [0.4, 0.5) is 0 Å². The number of aromatic nitrogens is 4. The molecule has 4 heterocycles. The highest BCUT2D eigenvalue weighted by atomic mass is 32.1. The molecule has 8 aromatic carbocycles. The van der Waals surface area contributed by atoms with Gasteiger partial charge in [0.1, 0.15) is 0 Å². The van der Waals surface area contributed by atoms with Crippen molar-refractivity contribution in [2.75, 3.05) is 0 Å². The number of hydrogen-bond acceptors (Lipinski definition) is 5. The van der Waals surface area contributed by atoms with Crippen LogP contribution in [0.1, 0.15) is 0 Å². The molecule has 266 valence electrons. The molecule has 57 heavy (non-hydrogen) atoms. The molecular weight excluding hydrogens is 733 g/mol. The van der Waals surface area contributed by atoms with Crippen molar-refractivity contribution in [3.63, 3.8) is 0 Å². The van der Waals surface area contributed by atoms with E-state index in [4.69, 9.17) is 15.0 Å². The van der Waals surface area contributed by atoms with Crippen LogP contribution in [-0.2, 0) is 0 Å². The summed E-state index contributed by atoms with van der Waals surface area (Å²) in [6, 6.07) is 64.9. The fourth-order valence-electron chi connectivity index (χ4n) is 8.43. The molecule has 0 amide bonds. The standard InChI is InChI=1S/C51H30N4S2/c1-3-13-31(14-4-1)49-52-50(33-26-28-46-42(30-33)37-18-8-10-24-45(37)56-46)54-51(53-49)40-22-12-21-39-38-20-11-19-35(47(38)57-48(39)40)32-25-27-44-41(29-32)36-17-7-9-23-43(36)55(44)34-15-5-2-6-16-34/h1-30H. The maximum Gasteiger partial charge on any atom is 0.165 e. The Kier molecular flexibility index (Phi) is 7.24. The van der Waals surface area contributed by atoms with Crippen LogP contribution in [0.25, 0.3) is 113 Å². The zero-order valence-corrected chi connectivity index (χ0v) is 32.1. The zero-order chi connectivity index (χ0) is 37.5. The van der Waals surface area contributed by atoms with Crippen LogP contribution >= 0.6 is 22.7 Å². The van der Waals surface area contributed by atoms with Crippen LogP contribution in [-0.4, -0.2) is 19.5 Å². The van der Waals surface area contributed by atoms with Crippen molar-refractivity contribution in [1.82, 2.24) is 19.5 Å². The number of para-hydroxylation sites is 2. The highest BCUT2D eigenvalue weighted by Gasteiger charge is 2.20. The predicted octanol–water partition coefficient (Wildman–Crippen LogP) is 14.4. The molecule has 12 aromatic rings. The third kappa shape index (κ3) is 5.15. The minimum absolute atomic E-state index is 0.660. The van der Waals surface area contributed by atoms with Gasteiger partial charge in [0.25, 0.3) is 0 Å². The smallest absolute Gasteiger partial charge is 0.165 e. The number of fused-ring (bicyclic) bond motifs is 9. The molecule has 0 N–H and O–H groups in total. The number of thiophene rings is 2. The van der Waals surface area contributed by atoms with Crippen molar-refractivity contribution < 1.29 is 0 Å². The van der Waals surface area contributed by atoms with Crippen LogP contribution in [0.2, 0.25) is 0 Å². The average molecular weight is 763 g/mol. The van der Waals surface area contributed by atoms with Crippen molar-refractivity contribution in [2.24, 2.45) is 0 Å². The van der Waals surface area contributed by atoms with E-state index in [1.807, 2.05) is 40.9 Å². The topological polar surface area (TPSA) is 43.6 Å². The molecule has 0 aliphatic rings. The summed E-state index contributed by atoms with van der Waals surface area (Å²) < 4.78 is 7.31. The van der Waals surface area contributed by atoms with Crippen LogP contribution in [0.3, 0.4) is 0 Å². The predicted molar refractivity (Wildman–Crippen MR) is 242 cm³/mol. The molecule has 0 saturated heterocycles. The van der Waals surface area contributed by atoms with Gasteiger partial charge in [-0.2, -0.15) is 0 Å². The number of hydrogen-bond donors (Lipinski definition) is 0. The lowest BCUT2D eigenvalue weighted by Crippen LogP contribution is -2.00. The van der Waals surface area contributed by atoms with E-state index in [1.165, 1.54) is 68.6 Å². The van der Waals surface area contributed by atoms with E-state index in [0.717, 1.165) is 27.1 Å². The van der Waals surface area contributed by atoms with Gasteiger partial charge in [-0.25, -0.2) is 15.0 Å². The molecular formula is C51H30N4S2. The second-order valence-corrected chi connectivity index (χ2v) is 16.5. The van der Waals surface area contributed by atoms with Crippen LogP contribution in [0, 0.1) is 0 Å². The summed E-state index contributed by atoms with van der Waals surface area (Å²) in [5.41, 5.74) is 8.91. The summed E-state index contributed by atoms with van der Waals surface area (Å²) in [5, 5.41) is 7.39. The van der Waals surface area contributed by atoms with E-state index < -0.39 is 0 Å². The second-order valence-electron chi connectivity index (χ2n) is 14.4. The SMILES string of the molecule is c1ccc(-c2nc(-c3ccc4sc5ccccc5c4c3)nc(-c3cccc4c3sc3c(-c5ccc6c(c5)c5ccccc5n6-c5ccccc5)cccc34)n2)cc1. The largest absolute Gasteiger partial charge is 0.309 e. The van der Waals surface area contributed by atoms with Crippen LogP contribution in [0.15, 0.2) is 182 Å². The summed E-state index contributed by atoms with van der Waals surface area (Å²) in [7, 11) is 0. The normalized spacial score (nSPS) is 11.9. The fraction of sp³-hybridized carbons (Fsp3) is 0. The second kappa shape index (κ2) is 12.8. The maximum absolute atomic E-state index is 5.25. The van der Waals surface area contributed by atoms with Gasteiger partial charge in [-0.05, 0) is 71.8 Å². The van der Waals surface area contributed by atoms with Crippen molar-refractivity contribution in [2.45, 2.75) is 0 Å². The Morgan fingerprint density at radius 3 is 1.74 bits per heavy atom. The lowest BCUT2D eigenvalue weighted by molar-refractivity contribution is 1.08. The summed E-state index contributed by atoms with van der Waals surface area (Å²) in [6.45, 7) is 0. The van der Waals surface area contributed by atoms with E-state index in [-0.39, 0.29) is 0 Å². The molecule has 0 unspecified atom stereocenters. The Labute approximate surface area is 335 Å². The molecule has 0 fully saturated rings. The van der Waals surface area contributed by atoms with Crippen molar-refractivity contribution >= 4 is 84.8 Å². The lowest BCUT2D eigenvalue weighted by Gasteiger charge is -2.09. The van der Waals surface area contributed by atoms with Gasteiger partial charge in [0.15, 0.2) is 17.5 Å². The van der Waals surface area contributed by atoms with Crippen LogP contribution < -0.4 is 0 Å². The number of benzene rings is 8. The Bertz CT molecular complexity index is 3530. The molecule has 0 radical (unpaired) electrons. The van der Waals surface area contributed by atoms with E-state index in [9.17, 15) is 0 Å². The monoisotopic (exact) mass is 762 g/mol. The molecule has 0 aliphatic heterocycles. The van der Waals surface area contributed by atoms with Gasteiger partial charge < -0.3 is 4.57 Å². The van der Waals surface area contributed by atoms with E-state index in [0.29, 0.717) is 17.5 Å². The van der Waals surface area contributed by atoms with Crippen molar-refractivity contribution in [3.05, 3.63) is 182 Å². The summed E-state index contributed by atoms with van der Waals surface area (Å²) in [5.74, 6) is 1.99. The molecule has 6 heteroatoms. The Balaban J connectivity index is 1.04. The quantitative estimate of drug-likeness (QED) is 0.175. The first-order valence-electron chi connectivity index (χ1n) is 19.0.